The number of primary amides is 1. The molecule has 0 saturated carbocycles. The molecule has 0 aliphatic rings. The Morgan fingerprint density at radius 2 is 1.79 bits per heavy atom. The Kier molecular flexibility index (Phi) is 4.74. The van der Waals surface area contributed by atoms with Crippen molar-refractivity contribution in [3.63, 3.8) is 0 Å². The van der Waals surface area contributed by atoms with Crippen molar-refractivity contribution in [1.29, 1.82) is 0 Å². The van der Waals surface area contributed by atoms with Gasteiger partial charge in [-0.15, -0.1) is 0 Å². The molecule has 104 valence electrons. The van der Waals surface area contributed by atoms with Crippen molar-refractivity contribution < 1.29 is 27.5 Å². The van der Waals surface area contributed by atoms with E-state index >= 15 is 0 Å². The van der Waals surface area contributed by atoms with Gasteiger partial charge in [-0.1, -0.05) is 0 Å². The van der Waals surface area contributed by atoms with E-state index < -0.39 is 30.2 Å². The van der Waals surface area contributed by atoms with E-state index in [1.54, 1.807) is 0 Å². The third-order valence-electron chi connectivity index (χ3n) is 2.01. The number of carbonyl (C=O) groups excluding carboxylic acids is 2. The maximum Gasteiger partial charge on any atom is 0.416 e. The molecular formula is C11H11F3N2O3. The molecule has 2 amide bonds. The number of rotatable bonds is 5. The van der Waals surface area contributed by atoms with Gasteiger partial charge in [-0.3, -0.25) is 9.59 Å². The number of halogens is 3. The minimum Gasteiger partial charge on any atom is -0.484 e. The van der Waals surface area contributed by atoms with Gasteiger partial charge in [0, 0.05) is 0 Å². The SMILES string of the molecule is NC(=O)CNC(=O)COc1ccc(C(F)(F)F)cc1. The quantitative estimate of drug-likeness (QED) is 0.830. The topological polar surface area (TPSA) is 81.4 Å². The Balaban J connectivity index is 2.46. The van der Waals surface area contributed by atoms with Gasteiger partial charge in [0.25, 0.3) is 5.91 Å². The summed E-state index contributed by atoms with van der Waals surface area (Å²) < 4.78 is 41.7. The second-order valence-electron chi connectivity index (χ2n) is 3.55. The minimum absolute atomic E-state index is 0.113. The fourth-order valence-electron chi connectivity index (χ4n) is 1.13. The zero-order chi connectivity index (χ0) is 14.5. The van der Waals surface area contributed by atoms with Crippen LogP contribution >= 0.6 is 0 Å². The molecule has 0 heterocycles. The van der Waals surface area contributed by atoms with Crippen LogP contribution in [0.15, 0.2) is 24.3 Å². The van der Waals surface area contributed by atoms with Crippen LogP contribution in [0.25, 0.3) is 0 Å². The first-order valence-electron chi connectivity index (χ1n) is 5.14. The van der Waals surface area contributed by atoms with Crippen molar-refractivity contribution in [2.24, 2.45) is 5.73 Å². The van der Waals surface area contributed by atoms with Gasteiger partial charge in [0.15, 0.2) is 6.61 Å². The Labute approximate surface area is 106 Å². The summed E-state index contributed by atoms with van der Waals surface area (Å²) in [6, 6.07) is 3.89. The highest BCUT2D eigenvalue weighted by molar-refractivity contribution is 5.84. The zero-order valence-corrected chi connectivity index (χ0v) is 9.66. The number of hydrogen-bond donors (Lipinski definition) is 2. The summed E-state index contributed by atoms with van der Waals surface area (Å²) in [5, 5.41) is 2.17. The summed E-state index contributed by atoms with van der Waals surface area (Å²) in [4.78, 5) is 21.5. The van der Waals surface area contributed by atoms with Crippen molar-refractivity contribution in [1.82, 2.24) is 5.32 Å². The van der Waals surface area contributed by atoms with E-state index in [-0.39, 0.29) is 12.3 Å². The molecule has 1 aromatic carbocycles. The van der Waals surface area contributed by atoms with E-state index in [1.165, 1.54) is 0 Å². The summed E-state index contributed by atoms with van der Waals surface area (Å²) in [6.45, 7) is -0.742. The van der Waals surface area contributed by atoms with Crippen molar-refractivity contribution in [2.75, 3.05) is 13.2 Å². The van der Waals surface area contributed by atoms with Crippen molar-refractivity contribution in [3.8, 4) is 5.75 Å². The van der Waals surface area contributed by atoms with Crippen LogP contribution in [0.4, 0.5) is 13.2 Å². The van der Waals surface area contributed by atoms with Crippen LogP contribution in [0.5, 0.6) is 5.75 Å². The van der Waals surface area contributed by atoms with E-state index in [4.69, 9.17) is 10.5 Å². The number of carbonyl (C=O) groups is 2. The number of amides is 2. The van der Waals surface area contributed by atoms with Crippen LogP contribution in [0.1, 0.15) is 5.56 Å². The molecule has 0 aliphatic carbocycles. The maximum atomic E-state index is 12.3. The first-order chi connectivity index (χ1) is 8.79. The number of benzene rings is 1. The van der Waals surface area contributed by atoms with Crippen molar-refractivity contribution in [2.45, 2.75) is 6.18 Å². The van der Waals surface area contributed by atoms with Crippen LogP contribution in [0, 0.1) is 0 Å². The van der Waals surface area contributed by atoms with Crippen LogP contribution in [0.2, 0.25) is 0 Å². The molecular weight excluding hydrogens is 265 g/mol. The Morgan fingerprint density at radius 3 is 2.26 bits per heavy atom. The van der Waals surface area contributed by atoms with Gasteiger partial charge in [0.2, 0.25) is 5.91 Å². The normalized spacial score (nSPS) is 10.9. The molecule has 0 radical (unpaired) electrons. The number of alkyl halides is 3. The van der Waals surface area contributed by atoms with E-state index in [0.29, 0.717) is 0 Å². The molecule has 19 heavy (non-hydrogen) atoms. The lowest BCUT2D eigenvalue weighted by Crippen LogP contribution is -2.36. The van der Waals surface area contributed by atoms with Gasteiger partial charge >= 0.3 is 6.18 Å². The van der Waals surface area contributed by atoms with Gasteiger partial charge in [-0.2, -0.15) is 13.2 Å². The van der Waals surface area contributed by atoms with E-state index in [0.717, 1.165) is 24.3 Å². The highest BCUT2D eigenvalue weighted by atomic mass is 19.4. The standard InChI is InChI=1S/C11H11F3N2O3/c12-11(13,14)7-1-3-8(4-2-7)19-6-10(18)16-5-9(15)17/h1-4H,5-6H2,(H2,15,17)(H,16,18). The third kappa shape index (κ3) is 5.28. The molecule has 8 heteroatoms. The highest BCUT2D eigenvalue weighted by Gasteiger charge is 2.30. The molecule has 0 bridgehead atoms. The first-order valence-corrected chi connectivity index (χ1v) is 5.14. The fourth-order valence-corrected chi connectivity index (χ4v) is 1.13. The average molecular weight is 276 g/mol. The molecule has 0 spiro atoms. The fraction of sp³-hybridized carbons (Fsp3) is 0.273. The number of nitrogens with one attached hydrogen (secondary N) is 1. The average Bonchev–Trinajstić information content (AvgIpc) is 2.33. The van der Waals surface area contributed by atoms with Gasteiger partial charge in [0.05, 0.1) is 12.1 Å². The Bertz CT molecular complexity index is 457. The molecule has 0 fully saturated rings. The van der Waals surface area contributed by atoms with Gasteiger partial charge in [-0.25, -0.2) is 0 Å². The van der Waals surface area contributed by atoms with Crippen molar-refractivity contribution >= 4 is 11.8 Å². The Hall–Kier alpha value is -2.25. The number of nitrogens with two attached hydrogens (primary N) is 1. The van der Waals surface area contributed by atoms with Crippen LogP contribution in [-0.2, 0) is 15.8 Å². The molecule has 0 atom stereocenters. The monoisotopic (exact) mass is 276 g/mol. The van der Waals surface area contributed by atoms with Gasteiger partial charge in [-0.05, 0) is 24.3 Å². The number of hydrogen-bond acceptors (Lipinski definition) is 3. The third-order valence-corrected chi connectivity index (χ3v) is 2.01. The summed E-state index contributed by atoms with van der Waals surface area (Å²) in [7, 11) is 0. The smallest absolute Gasteiger partial charge is 0.416 e. The number of ether oxygens (including phenoxy) is 1. The zero-order valence-electron chi connectivity index (χ0n) is 9.66. The van der Waals surface area contributed by atoms with Crippen LogP contribution in [-0.4, -0.2) is 25.0 Å². The maximum absolute atomic E-state index is 12.3. The molecule has 1 rings (SSSR count). The summed E-state index contributed by atoms with van der Waals surface area (Å²) in [5.41, 5.74) is 4.00. The molecule has 5 nitrogen and oxygen atoms in total. The van der Waals surface area contributed by atoms with Gasteiger partial charge in [0.1, 0.15) is 5.75 Å². The van der Waals surface area contributed by atoms with E-state index in [1.807, 2.05) is 0 Å². The van der Waals surface area contributed by atoms with E-state index in [2.05, 4.69) is 5.32 Å². The molecule has 0 unspecified atom stereocenters. The predicted molar refractivity (Wildman–Crippen MR) is 59.1 cm³/mol. The second kappa shape index (κ2) is 6.07. The molecule has 3 N–H and O–H groups in total. The Morgan fingerprint density at radius 1 is 1.21 bits per heavy atom. The minimum atomic E-state index is -4.42. The lowest BCUT2D eigenvalue weighted by molar-refractivity contribution is -0.137. The lowest BCUT2D eigenvalue weighted by atomic mass is 10.2. The molecule has 0 aliphatic heterocycles. The van der Waals surface area contributed by atoms with Crippen LogP contribution < -0.4 is 15.8 Å². The second-order valence-corrected chi connectivity index (χ2v) is 3.55. The largest absolute Gasteiger partial charge is 0.484 e. The lowest BCUT2D eigenvalue weighted by Gasteiger charge is -2.09. The van der Waals surface area contributed by atoms with Gasteiger partial charge < -0.3 is 15.8 Å². The van der Waals surface area contributed by atoms with E-state index in [9.17, 15) is 22.8 Å². The predicted octanol–water partition coefficient (Wildman–Crippen LogP) is 0.686. The summed E-state index contributed by atoms with van der Waals surface area (Å²) >= 11 is 0. The van der Waals surface area contributed by atoms with Crippen LogP contribution in [0.3, 0.4) is 0 Å². The highest BCUT2D eigenvalue weighted by Crippen LogP contribution is 2.30. The van der Waals surface area contributed by atoms with Crippen molar-refractivity contribution in [3.05, 3.63) is 29.8 Å². The molecule has 1 aromatic rings. The molecule has 0 saturated heterocycles. The summed E-state index contributed by atoms with van der Waals surface area (Å²) in [5.74, 6) is -1.19. The first kappa shape index (κ1) is 14.8. The molecule has 0 aromatic heterocycles. The summed E-state index contributed by atoms with van der Waals surface area (Å²) in [6.07, 6.45) is -4.42.